The molecule has 0 bridgehead atoms. The van der Waals surface area contributed by atoms with Crippen molar-refractivity contribution in [3.8, 4) is 0 Å². The number of piperidine rings is 1. The summed E-state index contributed by atoms with van der Waals surface area (Å²) in [5, 5.41) is 0. The number of rotatable bonds is 6. The SMILES string of the molecule is CCN(CC1CCN(C(=O)[C@H](C)N)CC1)C(=O)OCc1ccccc1. The lowest BCUT2D eigenvalue weighted by Crippen LogP contribution is -2.47. The van der Waals surface area contributed by atoms with E-state index in [2.05, 4.69) is 0 Å². The molecule has 6 nitrogen and oxygen atoms in total. The summed E-state index contributed by atoms with van der Waals surface area (Å²) in [7, 11) is 0. The highest BCUT2D eigenvalue weighted by Gasteiger charge is 2.27. The molecule has 1 atom stereocenters. The third kappa shape index (κ3) is 5.74. The van der Waals surface area contributed by atoms with Crippen molar-refractivity contribution < 1.29 is 14.3 Å². The fourth-order valence-corrected chi connectivity index (χ4v) is 3.08. The number of nitrogens with two attached hydrogens (primary N) is 1. The molecule has 2 N–H and O–H groups in total. The third-order valence-electron chi connectivity index (χ3n) is 4.64. The first-order valence-electron chi connectivity index (χ1n) is 9.01. The van der Waals surface area contributed by atoms with Crippen molar-refractivity contribution in [1.82, 2.24) is 9.80 Å². The zero-order valence-electron chi connectivity index (χ0n) is 15.2. The normalized spacial score (nSPS) is 16.4. The Labute approximate surface area is 149 Å². The van der Waals surface area contributed by atoms with Crippen LogP contribution in [0.25, 0.3) is 0 Å². The van der Waals surface area contributed by atoms with Crippen molar-refractivity contribution in [2.75, 3.05) is 26.2 Å². The number of amides is 2. The summed E-state index contributed by atoms with van der Waals surface area (Å²) < 4.78 is 5.42. The molecule has 1 fully saturated rings. The van der Waals surface area contributed by atoms with Crippen molar-refractivity contribution in [2.24, 2.45) is 11.7 Å². The van der Waals surface area contributed by atoms with Gasteiger partial charge in [0.25, 0.3) is 0 Å². The van der Waals surface area contributed by atoms with E-state index in [4.69, 9.17) is 10.5 Å². The van der Waals surface area contributed by atoms with Crippen LogP contribution in [0.3, 0.4) is 0 Å². The number of carbonyl (C=O) groups is 2. The minimum atomic E-state index is -0.448. The van der Waals surface area contributed by atoms with Crippen LogP contribution in [0.4, 0.5) is 4.79 Å². The lowest BCUT2D eigenvalue weighted by molar-refractivity contribution is -0.133. The average Bonchev–Trinajstić information content (AvgIpc) is 2.64. The first-order valence-corrected chi connectivity index (χ1v) is 9.01. The molecule has 25 heavy (non-hydrogen) atoms. The highest BCUT2D eigenvalue weighted by molar-refractivity contribution is 5.81. The van der Waals surface area contributed by atoms with E-state index in [-0.39, 0.29) is 18.6 Å². The molecule has 1 aliphatic heterocycles. The van der Waals surface area contributed by atoms with Crippen molar-refractivity contribution >= 4 is 12.0 Å². The van der Waals surface area contributed by atoms with Crippen molar-refractivity contribution in [3.63, 3.8) is 0 Å². The second-order valence-electron chi connectivity index (χ2n) is 6.64. The van der Waals surface area contributed by atoms with Gasteiger partial charge in [-0.05, 0) is 38.2 Å². The third-order valence-corrected chi connectivity index (χ3v) is 4.64. The molecule has 1 aliphatic rings. The fraction of sp³-hybridized carbons (Fsp3) is 0.579. The van der Waals surface area contributed by atoms with Gasteiger partial charge in [-0.25, -0.2) is 4.79 Å². The van der Waals surface area contributed by atoms with Gasteiger partial charge in [0, 0.05) is 26.2 Å². The summed E-state index contributed by atoms with van der Waals surface area (Å²) in [6, 6.07) is 9.22. The Kier molecular flexibility index (Phi) is 7.25. The topological polar surface area (TPSA) is 75.9 Å². The number of benzene rings is 1. The van der Waals surface area contributed by atoms with Gasteiger partial charge in [-0.3, -0.25) is 4.79 Å². The Morgan fingerprint density at radius 3 is 2.48 bits per heavy atom. The molecule has 0 saturated carbocycles. The highest BCUT2D eigenvalue weighted by Crippen LogP contribution is 2.19. The maximum absolute atomic E-state index is 12.3. The van der Waals surface area contributed by atoms with Gasteiger partial charge in [-0.2, -0.15) is 0 Å². The van der Waals surface area contributed by atoms with Crippen molar-refractivity contribution in [3.05, 3.63) is 35.9 Å². The smallest absolute Gasteiger partial charge is 0.410 e. The van der Waals surface area contributed by atoms with E-state index in [0.29, 0.717) is 32.1 Å². The summed E-state index contributed by atoms with van der Waals surface area (Å²) in [5.74, 6) is 0.398. The van der Waals surface area contributed by atoms with E-state index >= 15 is 0 Å². The van der Waals surface area contributed by atoms with Crippen LogP contribution < -0.4 is 5.73 Å². The van der Waals surface area contributed by atoms with Crippen LogP contribution in [0.5, 0.6) is 0 Å². The van der Waals surface area contributed by atoms with E-state index in [1.807, 2.05) is 42.2 Å². The zero-order valence-corrected chi connectivity index (χ0v) is 15.2. The monoisotopic (exact) mass is 347 g/mol. The van der Waals surface area contributed by atoms with E-state index in [1.165, 1.54) is 0 Å². The largest absolute Gasteiger partial charge is 0.445 e. The molecular weight excluding hydrogens is 318 g/mol. The standard InChI is InChI=1S/C19H29N3O3/c1-3-21(19(24)25-14-17-7-5-4-6-8-17)13-16-9-11-22(12-10-16)18(23)15(2)20/h4-8,15-16H,3,9-14,20H2,1-2H3/t15-/m0/s1. The second-order valence-corrected chi connectivity index (χ2v) is 6.64. The van der Waals surface area contributed by atoms with Gasteiger partial charge >= 0.3 is 6.09 Å². The Morgan fingerprint density at radius 2 is 1.92 bits per heavy atom. The van der Waals surface area contributed by atoms with Crippen LogP contribution in [-0.4, -0.2) is 54.0 Å². The van der Waals surface area contributed by atoms with Gasteiger partial charge < -0.3 is 20.3 Å². The fourth-order valence-electron chi connectivity index (χ4n) is 3.08. The number of hydrogen-bond donors (Lipinski definition) is 1. The second kappa shape index (κ2) is 9.42. The van der Waals surface area contributed by atoms with E-state index in [9.17, 15) is 9.59 Å². The molecule has 1 saturated heterocycles. The van der Waals surface area contributed by atoms with Gasteiger partial charge in [0.2, 0.25) is 5.91 Å². The van der Waals surface area contributed by atoms with Crippen LogP contribution in [0.1, 0.15) is 32.3 Å². The molecule has 1 aromatic rings. The summed E-state index contributed by atoms with van der Waals surface area (Å²) in [6.07, 6.45) is 1.50. The van der Waals surface area contributed by atoms with Crippen molar-refractivity contribution in [1.29, 1.82) is 0 Å². The molecule has 2 amide bonds. The van der Waals surface area contributed by atoms with Crippen LogP contribution in [-0.2, 0) is 16.1 Å². The summed E-state index contributed by atoms with van der Waals surface area (Å²) in [4.78, 5) is 27.8. The number of likely N-dealkylation sites (tertiary alicyclic amines) is 1. The molecule has 0 aliphatic carbocycles. The molecular formula is C19H29N3O3. The molecule has 138 valence electrons. The molecule has 1 heterocycles. The zero-order chi connectivity index (χ0) is 18.2. The predicted octanol–water partition coefficient (Wildman–Crippen LogP) is 2.23. The minimum Gasteiger partial charge on any atom is -0.445 e. The lowest BCUT2D eigenvalue weighted by Gasteiger charge is -2.35. The summed E-state index contributed by atoms with van der Waals surface area (Å²) >= 11 is 0. The summed E-state index contributed by atoms with van der Waals surface area (Å²) in [6.45, 7) is 6.67. The Morgan fingerprint density at radius 1 is 1.28 bits per heavy atom. The molecule has 0 spiro atoms. The first kappa shape index (κ1) is 19.2. The van der Waals surface area contributed by atoms with Gasteiger partial charge in [-0.1, -0.05) is 30.3 Å². The van der Waals surface area contributed by atoms with E-state index in [1.54, 1.807) is 11.8 Å². The molecule has 0 unspecified atom stereocenters. The molecule has 0 radical (unpaired) electrons. The maximum atomic E-state index is 12.3. The molecule has 6 heteroatoms. The first-order chi connectivity index (χ1) is 12.0. The van der Waals surface area contributed by atoms with E-state index in [0.717, 1.165) is 18.4 Å². The Hall–Kier alpha value is -2.08. The highest BCUT2D eigenvalue weighted by atomic mass is 16.6. The van der Waals surface area contributed by atoms with E-state index < -0.39 is 6.04 Å². The Balaban J connectivity index is 1.78. The molecule has 0 aromatic heterocycles. The number of hydrogen-bond acceptors (Lipinski definition) is 4. The molecule has 1 aromatic carbocycles. The minimum absolute atomic E-state index is 0.00747. The predicted molar refractivity (Wildman–Crippen MR) is 96.8 cm³/mol. The van der Waals surface area contributed by atoms with Gasteiger partial charge in [0.15, 0.2) is 0 Å². The van der Waals surface area contributed by atoms with Crippen LogP contribution in [0.2, 0.25) is 0 Å². The Bertz CT molecular complexity index is 554. The molecule has 2 rings (SSSR count). The maximum Gasteiger partial charge on any atom is 0.410 e. The van der Waals surface area contributed by atoms with Crippen molar-refractivity contribution in [2.45, 2.75) is 39.3 Å². The number of carbonyl (C=O) groups excluding carboxylic acids is 2. The average molecular weight is 347 g/mol. The summed E-state index contributed by atoms with van der Waals surface area (Å²) in [5.41, 5.74) is 6.65. The van der Waals surface area contributed by atoms with Crippen LogP contribution in [0, 0.1) is 5.92 Å². The van der Waals surface area contributed by atoms with Gasteiger partial charge in [0.05, 0.1) is 6.04 Å². The van der Waals surface area contributed by atoms with Gasteiger partial charge in [0.1, 0.15) is 6.61 Å². The quantitative estimate of drug-likeness (QED) is 0.856. The van der Waals surface area contributed by atoms with Crippen LogP contribution in [0.15, 0.2) is 30.3 Å². The number of ether oxygens (including phenoxy) is 1. The lowest BCUT2D eigenvalue weighted by atomic mass is 9.96. The number of nitrogens with zero attached hydrogens (tertiary/aromatic N) is 2. The van der Waals surface area contributed by atoms with Gasteiger partial charge in [-0.15, -0.1) is 0 Å². The van der Waals surface area contributed by atoms with Crippen LogP contribution >= 0.6 is 0 Å².